The molecule has 1 aromatic carbocycles. The Morgan fingerprint density at radius 3 is 2.68 bits per heavy atom. The van der Waals surface area contributed by atoms with Crippen LogP contribution in [0.5, 0.6) is 0 Å². The molecule has 2 aromatic rings. The van der Waals surface area contributed by atoms with Gasteiger partial charge in [0.25, 0.3) is 5.91 Å². The maximum Gasteiger partial charge on any atom is 0.325 e. The molecular formula is C13H12ClNO3S. The third-order valence-electron chi connectivity index (χ3n) is 2.67. The van der Waals surface area contributed by atoms with Crippen LogP contribution in [0.4, 0.5) is 0 Å². The third-order valence-corrected chi connectivity index (χ3v) is 4.33. The number of benzene rings is 1. The van der Waals surface area contributed by atoms with Crippen molar-refractivity contribution in [2.75, 3.05) is 20.7 Å². The Kier molecular flexibility index (Phi) is 4.07. The predicted molar refractivity (Wildman–Crippen MR) is 75.8 cm³/mol. The number of thiophene rings is 1. The standard InChI is InChI=1S/C13H12ClNO3S/c1-15(7-10(16)18-2)13(17)12-11(14)8-5-3-4-6-9(8)19-12/h3-6H,7H2,1-2H3. The molecule has 100 valence electrons. The van der Waals surface area contributed by atoms with Crippen molar-refractivity contribution in [3.8, 4) is 0 Å². The van der Waals surface area contributed by atoms with Gasteiger partial charge in [-0.3, -0.25) is 9.59 Å². The second-order valence-electron chi connectivity index (χ2n) is 3.98. The van der Waals surface area contributed by atoms with E-state index in [1.54, 1.807) is 7.05 Å². The number of halogens is 1. The lowest BCUT2D eigenvalue weighted by atomic mass is 10.2. The van der Waals surface area contributed by atoms with Crippen LogP contribution in [0.15, 0.2) is 24.3 Å². The third kappa shape index (κ3) is 2.72. The predicted octanol–water partition coefficient (Wildman–Crippen LogP) is 2.80. The molecule has 1 heterocycles. The van der Waals surface area contributed by atoms with Crippen molar-refractivity contribution in [2.45, 2.75) is 0 Å². The molecule has 0 unspecified atom stereocenters. The first kappa shape index (κ1) is 13.8. The number of rotatable bonds is 3. The summed E-state index contributed by atoms with van der Waals surface area (Å²) in [4.78, 5) is 25.1. The molecule has 0 saturated carbocycles. The molecule has 0 aliphatic heterocycles. The first-order valence-corrected chi connectivity index (χ1v) is 6.73. The number of amides is 1. The van der Waals surface area contributed by atoms with Crippen molar-refractivity contribution in [1.82, 2.24) is 4.90 Å². The van der Waals surface area contributed by atoms with Crippen LogP contribution in [-0.4, -0.2) is 37.5 Å². The van der Waals surface area contributed by atoms with E-state index in [2.05, 4.69) is 4.74 Å². The minimum atomic E-state index is -0.465. The lowest BCUT2D eigenvalue weighted by Crippen LogP contribution is -2.32. The zero-order valence-corrected chi connectivity index (χ0v) is 12.0. The zero-order valence-electron chi connectivity index (χ0n) is 10.5. The van der Waals surface area contributed by atoms with E-state index >= 15 is 0 Å². The second-order valence-corrected chi connectivity index (χ2v) is 5.41. The van der Waals surface area contributed by atoms with Crippen LogP contribution in [-0.2, 0) is 9.53 Å². The molecule has 19 heavy (non-hydrogen) atoms. The number of fused-ring (bicyclic) bond motifs is 1. The van der Waals surface area contributed by atoms with Crippen molar-refractivity contribution in [3.63, 3.8) is 0 Å². The molecular weight excluding hydrogens is 286 g/mol. The van der Waals surface area contributed by atoms with Crippen molar-refractivity contribution in [2.24, 2.45) is 0 Å². The van der Waals surface area contributed by atoms with E-state index in [1.807, 2.05) is 24.3 Å². The van der Waals surface area contributed by atoms with Gasteiger partial charge in [-0.15, -0.1) is 11.3 Å². The molecule has 0 saturated heterocycles. The fraction of sp³-hybridized carbons (Fsp3) is 0.231. The summed E-state index contributed by atoms with van der Waals surface area (Å²) in [5, 5.41) is 1.28. The van der Waals surface area contributed by atoms with Crippen molar-refractivity contribution >= 4 is 44.9 Å². The topological polar surface area (TPSA) is 46.6 Å². The van der Waals surface area contributed by atoms with Gasteiger partial charge in [-0.2, -0.15) is 0 Å². The molecule has 0 spiro atoms. The fourth-order valence-electron chi connectivity index (χ4n) is 1.65. The average Bonchev–Trinajstić information content (AvgIpc) is 2.75. The van der Waals surface area contributed by atoms with Crippen LogP contribution in [0.3, 0.4) is 0 Å². The highest BCUT2D eigenvalue weighted by molar-refractivity contribution is 7.21. The summed E-state index contributed by atoms with van der Waals surface area (Å²) in [6, 6.07) is 7.53. The number of hydrogen-bond donors (Lipinski definition) is 0. The molecule has 0 aliphatic carbocycles. The Balaban J connectivity index is 2.31. The van der Waals surface area contributed by atoms with Gasteiger partial charge in [0.1, 0.15) is 11.4 Å². The second kappa shape index (κ2) is 5.59. The van der Waals surface area contributed by atoms with Gasteiger partial charge in [-0.25, -0.2) is 0 Å². The van der Waals surface area contributed by atoms with Gasteiger partial charge in [0, 0.05) is 17.1 Å². The van der Waals surface area contributed by atoms with E-state index in [4.69, 9.17) is 11.6 Å². The van der Waals surface area contributed by atoms with E-state index in [9.17, 15) is 9.59 Å². The number of ether oxygens (including phenoxy) is 1. The quantitative estimate of drug-likeness (QED) is 0.819. The molecule has 6 heteroatoms. The van der Waals surface area contributed by atoms with Gasteiger partial charge in [-0.1, -0.05) is 29.8 Å². The van der Waals surface area contributed by atoms with E-state index in [0.717, 1.165) is 10.1 Å². The first-order chi connectivity index (χ1) is 9.04. The summed E-state index contributed by atoms with van der Waals surface area (Å²) >= 11 is 7.53. The number of carbonyl (C=O) groups is 2. The van der Waals surface area contributed by atoms with Crippen LogP contribution >= 0.6 is 22.9 Å². The molecule has 0 fully saturated rings. The van der Waals surface area contributed by atoms with Crippen LogP contribution in [0.1, 0.15) is 9.67 Å². The summed E-state index contributed by atoms with van der Waals surface area (Å²) < 4.78 is 5.48. The molecule has 1 amide bonds. The largest absolute Gasteiger partial charge is 0.468 e. The Labute approximate surface area is 119 Å². The molecule has 0 bridgehead atoms. The molecule has 0 atom stereocenters. The zero-order chi connectivity index (χ0) is 14.0. The van der Waals surface area contributed by atoms with Gasteiger partial charge < -0.3 is 9.64 Å². The molecule has 2 rings (SSSR count). The fourth-order valence-corrected chi connectivity index (χ4v) is 3.16. The Bertz CT molecular complexity index is 638. The molecule has 0 radical (unpaired) electrons. The van der Waals surface area contributed by atoms with E-state index in [0.29, 0.717) is 9.90 Å². The number of nitrogens with zero attached hydrogens (tertiary/aromatic N) is 1. The SMILES string of the molecule is COC(=O)CN(C)C(=O)c1sc2ccccc2c1Cl. The maximum absolute atomic E-state index is 12.2. The van der Waals surface area contributed by atoms with Crippen LogP contribution in [0.2, 0.25) is 5.02 Å². The number of carbonyl (C=O) groups excluding carboxylic acids is 2. The molecule has 0 aliphatic rings. The number of hydrogen-bond acceptors (Lipinski definition) is 4. The van der Waals surface area contributed by atoms with Gasteiger partial charge in [0.05, 0.1) is 12.1 Å². The Morgan fingerprint density at radius 2 is 2.05 bits per heavy atom. The number of esters is 1. The summed E-state index contributed by atoms with van der Waals surface area (Å²) in [5.74, 6) is -0.746. The molecule has 1 aromatic heterocycles. The minimum absolute atomic E-state index is 0.0973. The maximum atomic E-state index is 12.2. The minimum Gasteiger partial charge on any atom is -0.468 e. The lowest BCUT2D eigenvalue weighted by molar-refractivity contribution is -0.141. The summed E-state index contributed by atoms with van der Waals surface area (Å²) in [6.07, 6.45) is 0. The van der Waals surface area contributed by atoms with E-state index in [1.165, 1.54) is 23.3 Å². The normalized spacial score (nSPS) is 10.5. The summed E-state index contributed by atoms with van der Waals surface area (Å²) in [7, 11) is 2.83. The van der Waals surface area contributed by atoms with Crippen molar-refractivity contribution in [1.29, 1.82) is 0 Å². The highest BCUT2D eigenvalue weighted by atomic mass is 35.5. The van der Waals surface area contributed by atoms with E-state index < -0.39 is 5.97 Å². The van der Waals surface area contributed by atoms with Crippen molar-refractivity contribution < 1.29 is 14.3 Å². The van der Waals surface area contributed by atoms with Crippen LogP contribution in [0, 0.1) is 0 Å². The van der Waals surface area contributed by atoms with E-state index in [-0.39, 0.29) is 12.5 Å². The Hall–Kier alpha value is -1.59. The van der Waals surface area contributed by atoms with Gasteiger partial charge in [0.2, 0.25) is 0 Å². The van der Waals surface area contributed by atoms with Gasteiger partial charge in [0.15, 0.2) is 0 Å². The smallest absolute Gasteiger partial charge is 0.325 e. The average molecular weight is 298 g/mol. The molecule has 0 N–H and O–H groups in total. The lowest BCUT2D eigenvalue weighted by Gasteiger charge is -2.14. The van der Waals surface area contributed by atoms with Crippen LogP contribution in [0.25, 0.3) is 10.1 Å². The van der Waals surface area contributed by atoms with Gasteiger partial charge >= 0.3 is 5.97 Å². The summed E-state index contributed by atoms with van der Waals surface area (Å²) in [5.41, 5.74) is 0. The van der Waals surface area contributed by atoms with Crippen LogP contribution < -0.4 is 0 Å². The summed E-state index contributed by atoms with van der Waals surface area (Å²) in [6.45, 7) is -0.0973. The first-order valence-electron chi connectivity index (χ1n) is 5.54. The van der Waals surface area contributed by atoms with Crippen molar-refractivity contribution in [3.05, 3.63) is 34.2 Å². The van der Waals surface area contributed by atoms with Gasteiger partial charge in [-0.05, 0) is 6.07 Å². The highest BCUT2D eigenvalue weighted by Crippen LogP contribution is 2.35. The monoisotopic (exact) mass is 297 g/mol. The molecule has 4 nitrogen and oxygen atoms in total. The number of methoxy groups -OCH3 is 1. The Morgan fingerprint density at radius 1 is 1.37 bits per heavy atom. The number of likely N-dealkylation sites (N-methyl/N-ethyl adjacent to an activating group) is 1. The highest BCUT2D eigenvalue weighted by Gasteiger charge is 2.21.